The first-order chi connectivity index (χ1) is 10.1. The molecule has 0 unspecified atom stereocenters. The molecule has 2 aromatic heterocycles. The summed E-state index contributed by atoms with van der Waals surface area (Å²) >= 11 is 1.46. The van der Waals surface area contributed by atoms with E-state index in [-0.39, 0.29) is 5.69 Å². The molecule has 1 N–H and O–H groups in total. The van der Waals surface area contributed by atoms with Gasteiger partial charge in [-0.15, -0.1) is 11.3 Å². The topological polar surface area (TPSA) is 61.1 Å². The number of carbonyl (C=O) groups is 1. The van der Waals surface area contributed by atoms with Crippen molar-refractivity contribution in [3.05, 3.63) is 17.3 Å². The maximum absolute atomic E-state index is 11.6. The van der Waals surface area contributed by atoms with Crippen LogP contribution in [0.4, 0.5) is 5.82 Å². The lowest BCUT2D eigenvalue weighted by Crippen LogP contribution is -2.43. The van der Waals surface area contributed by atoms with Gasteiger partial charge in [0.1, 0.15) is 0 Å². The average molecular weight is 308 g/mol. The van der Waals surface area contributed by atoms with Crippen LogP contribution in [-0.2, 0) is 0 Å². The van der Waals surface area contributed by atoms with Gasteiger partial charge in [-0.25, -0.2) is 9.78 Å². The van der Waals surface area contributed by atoms with Gasteiger partial charge in [-0.05, 0) is 19.4 Å². The van der Waals surface area contributed by atoms with Crippen molar-refractivity contribution < 1.29 is 9.90 Å². The number of anilines is 1. The summed E-state index contributed by atoms with van der Waals surface area (Å²) in [7, 11) is 1.96. The Morgan fingerprint density at radius 3 is 2.86 bits per heavy atom. The van der Waals surface area contributed by atoms with E-state index in [1.165, 1.54) is 11.3 Å². The number of fused-ring (bicyclic) bond motifs is 1. The van der Waals surface area contributed by atoms with Crippen molar-refractivity contribution >= 4 is 28.1 Å². The summed E-state index contributed by atoms with van der Waals surface area (Å²) < 4.78 is 1.67. The normalized spacial score (nSPS) is 17.4. The van der Waals surface area contributed by atoms with Crippen LogP contribution in [0.3, 0.4) is 0 Å². The van der Waals surface area contributed by atoms with Crippen LogP contribution in [-0.4, -0.2) is 58.1 Å². The number of piperidine rings is 1. The van der Waals surface area contributed by atoms with Crippen LogP contribution < -0.4 is 4.90 Å². The molecular weight excluding hydrogens is 288 g/mol. The maximum Gasteiger partial charge on any atom is 0.356 e. The molecule has 114 valence electrons. The van der Waals surface area contributed by atoms with Gasteiger partial charge in [0.25, 0.3) is 0 Å². The number of carboxylic acid groups (broad SMARTS) is 1. The lowest BCUT2D eigenvalue weighted by molar-refractivity contribution is 0.0690. The Morgan fingerprint density at radius 2 is 2.24 bits per heavy atom. The van der Waals surface area contributed by atoms with Crippen LogP contribution in [0, 0.1) is 0 Å². The number of hydrogen-bond donors (Lipinski definition) is 1. The highest BCUT2D eigenvalue weighted by Crippen LogP contribution is 2.28. The van der Waals surface area contributed by atoms with Crippen LogP contribution in [0.15, 0.2) is 11.6 Å². The van der Waals surface area contributed by atoms with Gasteiger partial charge in [0.15, 0.2) is 16.5 Å². The van der Waals surface area contributed by atoms with Gasteiger partial charge in [0, 0.05) is 37.8 Å². The van der Waals surface area contributed by atoms with E-state index in [9.17, 15) is 9.90 Å². The lowest BCUT2D eigenvalue weighted by Gasteiger charge is -2.36. The molecule has 1 aliphatic heterocycles. The third-order valence-electron chi connectivity index (χ3n) is 4.33. The second-order valence-corrected chi connectivity index (χ2v) is 6.29. The van der Waals surface area contributed by atoms with E-state index < -0.39 is 5.97 Å². The summed E-state index contributed by atoms with van der Waals surface area (Å²) in [6.07, 6.45) is 3.87. The number of aromatic carboxylic acids is 1. The Labute approximate surface area is 127 Å². The second kappa shape index (κ2) is 5.65. The Balaban J connectivity index is 1.87. The smallest absolute Gasteiger partial charge is 0.356 e. The molecule has 0 aliphatic carbocycles. The van der Waals surface area contributed by atoms with Crippen LogP contribution in [0.5, 0.6) is 0 Å². The predicted molar refractivity (Wildman–Crippen MR) is 83.6 cm³/mol. The first-order valence-electron chi connectivity index (χ1n) is 7.25. The number of thiazole rings is 1. The largest absolute Gasteiger partial charge is 0.476 e. The SMILES string of the molecule is CCN1CCC(N(C)c2nc3sccn3c2C(=O)O)CC1. The third-order valence-corrected chi connectivity index (χ3v) is 5.09. The van der Waals surface area contributed by atoms with Crippen molar-refractivity contribution in [1.82, 2.24) is 14.3 Å². The van der Waals surface area contributed by atoms with E-state index >= 15 is 0 Å². The Bertz CT molecular complexity index is 642. The molecule has 21 heavy (non-hydrogen) atoms. The molecule has 3 rings (SSSR count). The van der Waals surface area contributed by atoms with Gasteiger partial charge in [-0.3, -0.25) is 4.40 Å². The summed E-state index contributed by atoms with van der Waals surface area (Å²) in [5, 5.41) is 11.4. The number of nitrogens with zero attached hydrogens (tertiary/aromatic N) is 4. The number of imidazole rings is 1. The summed E-state index contributed by atoms with van der Waals surface area (Å²) in [5.74, 6) is -0.335. The fourth-order valence-corrected chi connectivity index (χ4v) is 3.72. The van der Waals surface area contributed by atoms with Crippen LogP contribution in [0.1, 0.15) is 30.3 Å². The summed E-state index contributed by atoms with van der Waals surface area (Å²) in [5.41, 5.74) is 0.270. The number of aromatic nitrogens is 2. The first kappa shape index (κ1) is 14.3. The number of rotatable bonds is 4. The van der Waals surface area contributed by atoms with Crippen molar-refractivity contribution in [1.29, 1.82) is 0 Å². The van der Waals surface area contributed by atoms with Gasteiger partial charge in [-0.2, -0.15) is 0 Å². The summed E-state index contributed by atoms with van der Waals surface area (Å²) in [4.78, 5) is 21.3. The average Bonchev–Trinajstić information content (AvgIpc) is 3.06. The van der Waals surface area contributed by atoms with Crippen LogP contribution in [0.2, 0.25) is 0 Å². The predicted octanol–water partition coefficient (Wildman–Crippen LogP) is 2.01. The summed E-state index contributed by atoms with van der Waals surface area (Å²) in [6.45, 7) is 5.39. The van der Waals surface area contributed by atoms with Gasteiger partial charge >= 0.3 is 5.97 Å². The minimum atomic E-state index is -0.922. The highest BCUT2D eigenvalue weighted by atomic mass is 32.1. The molecule has 1 fully saturated rings. The Kier molecular flexibility index (Phi) is 3.86. The quantitative estimate of drug-likeness (QED) is 0.936. The highest BCUT2D eigenvalue weighted by molar-refractivity contribution is 7.15. The zero-order chi connectivity index (χ0) is 15.0. The molecule has 2 aromatic rings. The van der Waals surface area contributed by atoms with Gasteiger partial charge in [-0.1, -0.05) is 6.92 Å². The molecule has 0 spiro atoms. The minimum Gasteiger partial charge on any atom is -0.476 e. The molecule has 0 aromatic carbocycles. The van der Waals surface area contributed by atoms with E-state index in [1.807, 2.05) is 12.4 Å². The molecule has 3 heterocycles. The lowest BCUT2D eigenvalue weighted by atomic mass is 10.0. The third kappa shape index (κ3) is 2.51. The monoisotopic (exact) mass is 308 g/mol. The molecule has 1 saturated heterocycles. The fraction of sp³-hybridized carbons (Fsp3) is 0.571. The van der Waals surface area contributed by atoms with Crippen molar-refractivity contribution in [2.24, 2.45) is 0 Å². The van der Waals surface area contributed by atoms with Crippen molar-refractivity contribution in [2.45, 2.75) is 25.8 Å². The highest BCUT2D eigenvalue weighted by Gasteiger charge is 2.28. The van der Waals surface area contributed by atoms with Gasteiger partial charge in [0.2, 0.25) is 0 Å². The van der Waals surface area contributed by atoms with E-state index in [2.05, 4.69) is 21.7 Å². The number of carboxylic acids is 1. The fourth-order valence-electron chi connectivity index (χ4n) is 3.01. The molecule has 7 heteroatoms. The number of likely N-dealkylation sites (tertiary alicyclic amines) is 1. The van der Waals surface area contributed by atoms with Crippen molar-refractivity contribution in [2.75, 3.05) is 31.6 Å². The first-order valence-corrected chi connectivity index (χ1v) is 8.13. The Hall–Kier alpha value is -1.60. The zero-order valence-electron chi connectivity index (χ0n) is 12.3. The van der Waals surface area contributed by atoms with Gasteiger partial charge in [0.05, 0.1) is 0 Å². The minimum absolute atomic E-state index is 0.270. The molecule has 1 aliphatic rings. The second-order valence-electron chi connectivity index (χ2n) is 5.42. The molecule has 0 amide bonds. The van der Waals surface area contributed by atoms with Crippen molar-refractivity contribution in [3.63, 3.8) is 0 Å². The Morgan fingerprint density at radius 1 is 1.52 bits per heavy atom. The molecule has 0 saturated carbocycles. The maximum atomic E-state index is 11.6. The zero-order valence-corrected chi connectivity index (χ0v) is 13.1. The van der Waals surface area contributed by atoms with Crippen molar-refractivity contribution in [3.8, 4) is 0 Å². The van der Waals surface area contributed by atoms with Crippen LogP contribution in [0.25, 0.3) is 4.96 Å². The standard InChI is InChI=1S/C14H20N4O2S/c1-3-17-6-4-10(5-7-17)16(2)12-11(13(19)20)18-8-9-21-14(18)15-12/h8-10H,3-7H2,1-2H3,(H,19,20). The molecule has 0 radical (unpaired) electrons. The van der Waals surface area contributed by atoms with Gasteiger partial charge < -0.3 is 14.9 Å². The molecule has 6 nitrogen and oxygen atoms in total. The van der Waals surface area contributed by atoms with E-state index in [0.717, 1.165) is 37.4 Å². The van der Waals surface area contributed by atoms with E-state index in [1.54, 1.807) is 10.6 Å². The summed E-state index contributed by atoms with van der Waals surface area (Å²) in [6, 6.07) is 0.357. The van der Waals surface area contributed by atoms with E-state index in [4.69, 9.17) is 0 Å². The number of hydrogen-bond acceptors (Lipinski definition) is 5. The van der Waals surface area contributed by atoms with Crippen LogP contribution >= 0.6 is 11.3 Å². The molecular formula is C14H20N4O2S. The molecule has 0 atom stereocenters. The van der Waals surface area contributed by atoms with E-state index in [0.29, 0.717) is 11.9 Å². The molecule has 0 bridgehead atoms.